The number of hydrogen-bond donors (Lipinski definition) is 3. The number of nitrogens with one attached hydrogen (secondary N) is 1. The van der Waals surface area contributed by atoms with Crippen molar-refractivity contribution in [3.8, 4) is 0 Å². The lowest BCUT2D eigenvalue weighted by Gasteiger charge is -2.29. The lowest BCUT2D eigenvalue weighted by atomic mass is 9.95. The van der Waals surface area contributed by atoms with Gasteiger partial charge >= 0.3 is 0 Å². The first kappa shape index (κ1) is 14.0. The second-order valence-corrected chi connectivity index (χ2v) is 6.25. The van der Waals surface area contributed by atoms with E-state index in [0.29, 0.717) is 6.42 Å². The Morgan fingerprint density at radius 1 is 1.47 bits per heavy atom. The van der Waals surface area contributed by atoms with E-state index < -0.39 is 0 Å². The first-order valence-corrected chi connectivity index (χ1v) is 7.22. The summed E-state index contributed by atoms with van der Waals surface area (Å²) in [7, 11) is 0. The summed E-state index contributed by atoms with van der Waals surface area (Å²) in [5, 5.41) is 13.6. The van der Waals surface area contributed by atoms with Crippen LogP contribution in [-0.2, 0) is 0 Å². The molecule has 0 aromatic carbocycles. The Bertz CT molecular complexity index is 583. The SMILES string of the molecule is CCC(C)(CCO)Nc1nc(N)nc2sc(C)cc12. The van der Waals surface area contributed by atoms with E-state index in [-0.39, 0.29) is 18.1 Å². The van der Waals surface area contributed by atoms with E-state index in [2.05, 4.69) is 35.2 Å². The summed E-state index contributed by atoms with van der Waals surface area (Å²) < 4.78 is 0. The predicted octanol–water partition coefficient (Wildman–Crippen LogP) is 2.54. The number of aliphatic hydroxyl groups is 1. The zero-order valence-corrected chi connectivity index (χ0v) is 12.3. The molecular formula is C13H20N4OS. The standard InChI is InChI=1S/C13H20N4OS/c1-4-13(3,5-6-18)17-10-9-7-8(2)19-11(9)16-12(14)15-10/h7,18H,4-6H2,1-3H3,(H3,14,15,16,17). The molecule has 2 rings (SSSR count). The summed E-state index contributed by atoms with van der Waals surface area (Å²) in [4.78, 5) is 10.6. The molecule has 2 aromatic rings. The van der Waals surface area contributed by atoms with Crippen LogP contribution in [0.5, 0.6) is 0 Å². The van der Waals surface area contributed by atoms with Crippen molar-refractivity contribution in [3.63, 3.8) is 0 Å². The van der Waals surface area contributed by atoms with Gasteiger partial charge in [0.25, 0.3) is 0 Å². The van der Waals surface area contributed by atoms with Crippen LogP contribution in [0.1, 0.15) is 31.6 Å². The maximum Gasteiger partial charge on any atom is 0.223 e. The number of anilines is 2. The average molecular weight is 280 g/mol. The van der Waals surface area contributed by atoms with E-state index in [0.717, 1.165) is 22.5 Å². The number of thiophene rings is 1. The molecule has 1 atom stereocenters. The molecule has 104 valence electrons. The van der Waals surface area contributed by atoms with Crippen molar-refractivity contribution in [2.45, 2.75) is 39.2 Å². The van der Waals surface area contributed by atoms with Gasteiger partial charge in [-0.25, -0.2) is 4.98 Å². The molecule has 2 heterocycles. The molecule has 1 unspecified atom stereocenters. The van der Waals surface area contributed by atoms with Gasteiger partial charge in [-0.05, 0) is 32.8 Å². The van der Waals surface area contributed by atoms with Crippen LogP contribution in [0.25, 0.3) is 10.2 Å². The fourth-order valence-electron chi connectivity index (χ4n) is 2.01. The minimum atomic E-state index is -0.196. The van der Waals surface area contributed by atoms with Crippen LogP contribution >= 0.6 is 11.3 Å². The fourth-order valence-corrected chi connectivity index (χ4v) is 2.90. The molecule has 0 spiro atoms. The number of fused-ring (bicyclic) bond motifs is 1. The topological polar surface area (TPSA) is 84.1 Å². The Kier molecular flexibility index (Phi) is 3.91. The summed E-state index contributed by atoms with van der Waals surface area (Å²) >= 11 is 1.61. The number of nitrogens with two attached hydrogens (primary N) is 1. The molecular weight excluding hydrogens is 260 g/mol. The van der Waals surface area contributed by atoms with Crippen molar-refractivity contribution in [3.05, 3.63) is 10.9 Å². The minimum Gasteiger partial charge on any atom is -0.396 e. The normalized spacial score (nSPS) is 14.5. The maximum atomic E-state index is 9.19. The van der Waals surface area contributed by atoms with E-state index in [1.165, 1.54) is 4.88 Å². The van der Waals surface area contributed by atoms with Gasteiger partial charge in [-0.1, -0.05) is 6.92 Å². The van der Waals surface area contributed by atoms with Gasteiger partial charge in [0.1, 0.15) is 10.6 Å². The summed E-state index contributed by atoms with van der Waals surface area (Å²) in [6.45, 7) is 6.35. The highest BCUT2D eigenvalue weighted by Crippen LogP contribution is 2.31. The Morgan fingerprint density at radius 3 is 2.84 bits per heavy atom. The Hall–Kier alpha value is -1.40. The van der Waals surface area contributed by atoms with Gasteiger partial charge < -0.3 is 16.2 Å². The highest BCUT2D eigenvalue weighted by Gasteiger charge is 2.23. The highest BCUT2D eigenvalue weighted by atomic mass is 32.1. The number of nitrogen functional groups attached to an aromatic ring is 1. The third-order valence-electron chi connectivity index (χ3n) is 3.40. The molecule has 0 amide bonds. The summed E-state index contributed by atoms with van der Waals surface area (Å²) in [5.41, 5.74) is 5.57. The smallest absolute Gasteiger partial charge is 0.223 e. The molecule has 0 aliphatic rings. The molecule has 0 bridgehead atoms. The highest BCUT2D eigenvalue weighted by molar-refractivity contribution is 7.18. The maximum absolute atomic E-state index is 9.19. The zero-order valence-electron chi connectivity index (χ0n) is 11.5. The number of hydrogen-bond acceptors (Lipinski definition) is 6. The van der Waals surface area contributed by atoms with Gasteiger partial charge in [0, 0.05) is 17.0 Å². The van der Waals surface area contributed by atoms with Crippen LogP contribution in [0.2, 0.25) is 0 Å². The third-order valence-corrected chi connectivity index (χ3v) is 4.34. The Labute approximate surface area is 116 Å². The number of aliphatic hydroxyl groups excluding tert-OH is 1. The second-order valence-electron chi connectivity index (χ2n) is 5.02. The van der Waals surface area contributed by atoms with Crippen LogP contribution in [0.15, 0.2) is 6.07 Å². The molecule has 0 fully saturated rings. The Morgan fingerprint density at radius 2 is 2.21 bits per heavy atom. The Balaban J connectivity index is 2.43. The lowest BCUT2D eigenvalue weighted by Crippen LogP contribution is -2.35. The number of aromatic nitrogens is 2. The van der Waals surface area contributed by atoms with Crippen molar-refractivity contribution in [1.29, 1.82) is 0 Å². The van der Waals surface area contributed by atoms with Crippen molar-refractivity contribution in [2.24, 2.45) is 0 Å². The van der Waals surface area contributed by atoms with Gasteiger partial charge in [-0.15, -0.1) is 11.3 Å². The quantitative estimate of drug-likeness (QED) is 0.784. The van der Waals surface area contributed by atoms with E-state index in [1.54, 1.807) is 11.3 Å². The second kappa shape index (κ2) is 5.30. The van der Waals surface area contributed by atoms with Crippen molar-refractivity contribution < 1.29 is 5.11 Å². The summed E-state index contributed by atoms with van der Waals surface area (Å²) in [5.74, 6) is 1.03. The molecule has 5 nitrogen and oxygen atoms in total. The molecule has 0 aliphatic heterocycles. The molecule has 0 radical (unpaired) electrons. The van der Waals surface area contributed by atoms with Gasteiger partial charge in [-0.2, -0.15) is 4.98 Å². The van der Waals surface area contributed by atoms with Gasteiger partial charge in [0.15, 0.2) is 0 Å². The van der Waals surface area contributed by atoms with E-state index in [1.807, 2.05) is 6.92 Å². The minimum absolute atomic E-state index is 0.143. The van der Waals surface area contributed by atoms with E-state index >= 15 is 0 Å². The fraction of sp³-hybridized carbons (Fsp3) is 0.538. The first-order chi connectivity index (χ1) is 8.97. The molecule has 4 N–H and O–H groups in total. The molecule has 2 aromatic heterocycles. The van der Waals surface area contributed by atoms with Crippen LogP contribution in [-0.4, -0.2) is 27.2 Å². The summed E-state index contributed by atoms with van der Waals surface area (Å²) in [6, 6.07) is 2.07. The largest absolute Gasteiger partial charge is 0.396 e. The third kappa shape index (κ3) is 2.96. The number of nitrogens with zero attached hydrogens (tertiary/aromatic N) is 2. The van der Waals surface area contributed by atoms with Gasteiger partial charge in [0.05, 0.1) is 5.39 Å². The predicted molar refractivity (Wildman–Crippen MR) is 80.6 cm³/mol. The number of aryl methyl sites for hydroxylation is 1. The molecule has 19 heavy (non-hydrogen) atoms. The first-order valence-electron chi connectivity index (χ1n) is 6.40. The average Bonchev–Trinajstić information content (AvgIpc) is 2.70. The molecule has 0 saturated carbocycles. The van der Waals surface area contributed by atoms with Crippen LogP contribution in [0.3, 0.4) is 0 Å². The van der Waals surface area contributed by atoms with E-state index in [9.17, 15) is 5.11 Å². The van der Waals surface area contributed by atoms with Crippen molar-refractivity contribution in [1.82, 2.24) is 9.97 Å². The van der Waals surface area contributed by atoms with Crippen molar-refractivity contribution in [2.75, 3.05) is 17.7 Å². The van der Waals surface area contributed by atoms with Crippen LogP contribution < -0.4 is 11.1 Å². The van der Waals surface area contributed by atoms with Crippen LogP contribution in [0.4, 0.5) is 11.8 Å². The lowest BCUT2D eigenvalue weighted by molar-refractivity contribution is 0.252. The molecule has 6 heteroatoms. The number of rotatable bonds is 5. The molecule has 0 aliphatic carbocycles. The van der Waals surface area contributed by atoms with Crippen molar-refractivity contribution >= 4 is 33.3 Å². The zero-order chi connectivity index (χ0) is 14.0. The molecule has 0 saturated heterocycles. The van der Waals surface area contributed by atoms with Gasteiger partial charge in [-0.3, -0.25) is 0 Å². The van der Waals surface area contributed by atoms with Gasteiger partial charge in [0.2, 0.25) is 5.95 Å². The summed E-state index contributed by atoms with van der Waals surface area (Å²) in [6.07, 6.45) is 1.56. The van der Waals surface area contributed by atoms with Crippen LogP contribution in [0, 0.1) is 6.92 Å². The van der Waals surface area contributed by atoms with E-state index in [4.69, 9.17) is 5.73 Å². The monoisotopic (exact) mass is 280 g/mol.